The quantitative estimate of drug-likeness (QED) is 0.926. The lowest BCUT2D eigenvalue weighted by molar-refractivity contribution is -0.140. The van der Waals surface area contributed by atoms with E-state index in [1.54, 1.807) is 25.2 Å². The Bertz CT molecular complexity index is 792. The Balaban J connectivity index is 1.89. The van der Waals surface area contributed by atoms with E-state index in [-0.39, 0.29) is 18.2 Å². The van der Waals surface area contributed by atoms with Gasteiger partial charge in [0.05, 0.1) is 12.0 Å². The molecule has 4 nitrogen and oxygen atoms in total. The van der Waals surface area contributed by atoms with Crippen molar-refractivity contribution in [3.63, 3.8) is 0 Å². The fourth-order valence-corrected chi connectivity index (χ4v) is 3.22. The maximum Gasteiger partial charge on any atom is 0.229 e. The number of carbonyl (C=O) groups excluding carboxylic acids is 2. The first-order valence-electron chi connectivity index (χ1n) is 8.04. The van der Waals surface area contributed by atoms with E-state index < -0.39 is 23.6 Å². The third-order valence-corrected chi connectivity index (χ3v) is 4.53. The molecule has 0 unspecified atom stereocenters. The summed E-state index contributed by atoms with van der Waals surface area (Å²) in [5.41, 5.74) is 0.774. The Morgan fingerprint density at radius 1 is 1.12 bits per heavy atom. The Morgan fingerprint density at radius 2 is 1.80 bits per heavy atom. The average molecular weight is 344 g/mol. The lowest BCUT2D eigenvalue weighted by Gasteiger charge is -2.38. The van der Waals surface area contributed by atoms with Gasteiger partial charge in [0.2, 0.25) is 11.8 Å². The highest BCUT2D eigenvalue weighted by Gasteiger charge is 2.40. The molecule has 0 aromatic heterocycles. The van der Waals surface area contributed by atoms with Gasteiger partial charge in [-0.05, 0) is 36.8 Å². The molecule has 0 bridgehead atoms. The van der Waals surface area contributed by atoms with Gasteiger partial charge in [0.15, 0.2) is 0 Å². The van der Waals surface area contributed by atoms with Crippen LogP contribution in [0.4, 0.5) is 14.5 Å². The molecule has 25 heavy (non-hydrogen) atoms. The second-order valence-electron chi connectivity index (χ2n) is 6.11. The third kappa shape index (κ3) is 3.52. The molecule has 2 atom stereocenters. The molecule has 1 aliphatic heterocycles. The number of carbonyl (C=O) groups is 2. The highest BCUT2D eigenvalue weighted by molar-refractivity contribution is 5.94. The fourth-order valence-electron chi connectivity index (χ4n) is 3.22. The molecule has 0 saturated carbocycles. The van der Waals surface area contributed by atoms with Crippen LogP contribution < -0.4 is 5.32 Å². The molecule has 130 valence electrons. The number of benzene rings is 2. The molecule has 1 aliphatic rings. The van der Waals surface area contributed by atoms with Crippen LogP contribution in [0.25, 0.3) is 0 Å². The second-order valence-corrected chi connectivity index (χ2v) is 6.11. The van der Waals surface area contributed by atoms with E-state index in [0.29, 0.717) is 17.7 Å². The zero-order valence-electron chi connectivity index (χ0n) is 13.7. The molecule has 0 spiro atoms. The molecular weight excluding hydrogens is 326 g/mol. The van der Waals surface area contributed by atoms with Crippen molar-refractivity contribution in [2.24, 2.45) is 5.92 Å². The number of piperidine rings is 1. The number of anilines is 1. The van der Waals surface area contributed by atoms with Gasteiger partial charge in [-0.25, -0.2) is 8.78 Å². The molecule has 2 aromatic carbocycles. The minimum Gasteiger partial charge on any atom is -0.338 e. The highest BCUT2D eigenvalue weighted by Crippen LogP contribution is 2.37. The van der Waals surface area contributed by atoms with Crippen molar-refractivity contribution >= 4 is 17.5 Å². The molecule has 1 fully saturated rings. The van der Waals surface area contributed by atoms with Crippen LogP contribution >= 0.6 is 0 Å². The number of hydrogen-bond donors (Lipinski definition) is 1. The maximum absolute atomic E-state index is 14.3. The van der Waals surface area contributed by atoms with Gasteiger partial charge in [-0.15, -0.1) is 0 Å². The SMILES string of the molecule is CN1C(=O)CC[C@H](C(=O)Nc2ccc(F)cc2)[C@H]1c1ccccc1F. The predicted octanol–water partition coefficient (Wildman–Crippen LogP) is 3.51. The molecule has 0 radical (unpaired) electrons. The lowest BCUT2D eigenvalue weighted by Crippen LogP contribution is -2.44. The summed E-state index contributed by atoms with van der Waals surface area (Å²) in [6.45, 7) is 0. The first-order valence-corrected chi connectivity index (χ1v) is 8.04. The second kappa shape index (κ2) is 7.01. The van der Waals surface area contributed by atoms with E-state index in [2.05, 4.69) is 5.32 Å². The maximum atomic E-state index is 14.3. The van der Waals surface area contributed by atoms with E-state index in [1.807, 2.05) is 0 Å². The van der Waals surface area contributed by atoms with Crippen LogP contribution in [0.5, 0.6) is 0 Å². The van der Waals surface area contributed by atoms with E-state index in [9.17, 15) is 18.4 Å². The van der Waals surface area contributed by atoms with Crippen LogP contribution in [0.15, 0.2) is 48.5 Å². The van der Waals surface area contributed by atoms with E-state index in [1.165, 1.54) is 35.2 Å². The first kappa shape index (κ1) is 17.1. The lowest BCUT2D eigenvalue weighted by atomic mass is 9.83. The van der Waals surface area contributed by atoms with Crippen LogP contribution in [0.3, 0.4) is 0 Å². The molecule has 1 saturated heterocycles. The molecule has 2 aromatic rings. The predicted molar refractivity (Wildman–Crippen MR) is 89.7 cm³/mol. The van der Waals surface area contributed by atoms with Crippen LogP contribution in [0.1, 0.15) is 24.4 Å². The Hall–Kier alpha value is -2.76. The first-order chi connectivity index (χ1) is 12.0. The Labute approximate surface area is 144 Å². The summed E-state index contributed by atoms with van der Waals surface area (Å²) < 4.78 is 27.3. The van der Waals surface area contributed by atoms with E-state index in [4.69, 9.17) is 0 Å². The smallest absolute Gasteiger partial charge is 0.229 e. The van der Waals surface area contributed by atoms with E-state index in [0.717, 1.165) is 0 Å². The van der Waals surface area contributed by atoms with Crippen molar-refractivity contribution in [3.8, 4) is 0 Å². The van der Waals surface area contributed by atoms with E-state index >= 15 is 0 Å². The minimum atomic E-state index is -0.678. The summed E-state index contributed by atoms with van der Waals surface area (Å²) in [6, 6.07) is 10.9. The van der Waals surface area contributed by atoms with Crippen LogP contribution in [-0.2, 0) is 9.59 Å². The average Bonchev–Trinajstić information content (AvgIpc) is 2.60. The summed E-state index contributed by atoms with van der Waals surface area (Å²) in [6.07, 6.45) is 0.554. The summed E-state index contributed by atoms with van der Waals surface area (Å²) in [5.74, 6) is -1.89. The van der Waals surface area contributed by atoms with Gasteiger partial charge < -0.3 is 10.2 Å². The summed E-state index contributed by atoms with van der Waals surface area (Å²) in [7, 11) is 1.58. The topological polar surface area (TPSA) is 49.4 Å². The molecular formula is C19H18F2N2O2. The van der Waals surface area contributed by atoms with Crippen LogP contribution in [-0.4, -0.2) is 23.8 Å². The van der Waals surface area contributed by atoms with Crippen molar-refractivity contribution in [1.82, 2.24) is 4.90 Å². The Morgan fingerprint density at radius 3 is 2.48 bits per heavy atom. The van der Waals surface area contributed by atoms with Gasteiger partial charge in [-0.2, -0.15) is 0 Å². The molecule has 1 N–H and O–H groups in total. The van der Waals surface area contributed by atoms with Crippen molar-refractivity contribution in [3.05, 3.63) is 65.7 Å². The van der Waals surface area contributed by atoms with Gasteiger partial charge in [-0.3, -0.25) is 9.59 Å². The number of nitrogens with zero attached hydrogens (tertiary/aromatic N) is 1. The monoisotopic (exact) mass is 344 g/mol. The van der Waals surface area contributed by atoms with Gasteiger partial charge in [0.1, 0.15) is 11.6 Å². The molecule has 2 amide bonds. The number of nitrogens with one attached hydrogen (secondary N) is 1. The number of hydrogen-bond acceptors (Lipinski definition) is 2. The number of halogens is 2. The van der Waals surface area contributed by atoms with Gasteiger partial charge in [0, 0.05) is 24.7 Å². The van der Waals surface area contributed by atoms with Gasteiger partial charge in [-0.1, -0.05) is 18.2 Å². The standard InChI is InChI=1S/C19H18F2N2O2/c1-23-17(24)11-10-15(18(23)14-4-2-3-5-16(14)21)19(25)22-13-8-6-12(20)7-9-13/h2-9,15,18H,10-11H2,1H3,(H,22,25)/t15-,18+/m0/s1. The largest absolute Gasteiger partial charge is 0.338 e. The highest BCUT2D eigenvalue weighted by atomic mass is 19.1. The summed E-state index contributed by atoms with van der Waals surface area (Å²) in [4.78, 5) is 26.2. The molecule has 0 aliphatic carbocycles. The minimum absolute atomic E-state index is 0.126. The van der Waals surface area contributed by atoms with Crippen molar-refractivity contribution in [2.45, 2.75) is 18.9 Å². The van der Waals surface area contributed by atoms with Crippen molar-refractivity contribution in [1.29, 1.82) is 0 Å². The number of likely N-dealkylation sites (tertiary alicyclic amines) is 1. The Kier molecular flexibility index (Phi) is 4.79. The van der Waals surface area contributed by atoms with Crippen LogP contribution in [0.2, 0.25) is 0 Å². The zero-order valence-corrected chi connectivity index (χ0v) is 13.7. The number of amides is 2. The van der Waals surface area contributed by atoms with Crippen molar-refractivity contribution in [2.75, 3.05) is 12.4 Å². The summed E-state index contributed by atoms with van der Waals surface area (Å²) >= 11 is 0. The molecule has 1 heterocycles. The van der Waals surface area contributed by atoms with Gasteiger partial charge in [0.25, 0.3) is 0 Å². The van der Waals surface area contributed by atoms with Crippen molar-refractivity contribution < 1.29 is 18.4 Å². The van der Waals surface area contributed by atoms with Gasteiger partial charge >= 0.3 is 0 Å². The number of rotatable bonds is 3. The normalized spacial score (nSPS) is 20.4. The summed E-state index contributed by atoms with van der Waals surface area (Å²) in [5, 5.41) is 2.73. The van der Waals surface area contributed by atoms with Crippen LogP contribution in [0, 0.1) is 17.6 Å². The fraction of sp³-hybridized carbons (Fsp3) is 0.263. The third-order valence-electron chi connectivity index (χ3n) is 4.53. The zero-order chi connectivity index (χ0) is 18.0. The molecule has 3 rings (SSSR count). The molecule has 6 heteroatoms.